The molecule has 7 nitrogen and oxygen atoms in total. The summed E-state index contributed by atoms with van der Waals surface area (Å²) in [5.74, 6) is -0.677. The van der Waals surface area contributed by atoms with E-state index in [4.69, 9.17) is 17.3 Å². The number of carbonyl (C=O) groups is 1. The molecule has 0 aliphatic rings. The van der Waals surface area contributed by atoms with Gasteiger partial charge in [0.05, 0.1) is 16.9 Å². The van der Waals surface area contributed by atoms with Gasteiger partial charge >= 0.3 is 0 Å². The highest BCUT2D eigenvalue weighted by Crippen LogP contribution is 2.26. The summed E-state index contributed by atoms with van der Waals surface area (Å²) in [7, 11) is 1.74. The number of carbonyl (C=O) groups excluding carboxylic acids is 1. The number of nitrogens with two attached hydrogens (primary N) is 1. The lowest BCUT2D eigenvalue weighted by Crippen LogP contribution is -2.23. The third-order valence-electron chi connectivity index (χ3n) is 3.71. The number of nitrogen functional groups attached to an aromatic ring is 1. The van der Waals surface area contributed by atoms with E-state index in [2.05, 4.69) is 25.6 Å². The molecule has 3 rings (SSSR count). The number of aromatic nitrogens is 3. The van der Waals surface area contributed by atoms with Gasteiger partial charge in [0.25, 0.3) is 5.91 Å². The standard InChI is InChI=1S/C17H16ClFN6O/c1-21-14-8-24-17(20)25-15(14)10-5-13(22-7-10)16(26)23-6-9-2-3-12(19)11(18)4-9/h2-5,7-8,21-22H,6H2,1H3,(H,23,26)(H2,20,24,25). The second kappa shape index (κ2) is 7.40. The van der Waals surface area contributed by atoms with Gasteiger partial charge in [0, 0.05) is 25.4 Å². The zero-order valence-electron chi connectivity index (χ0n) is 13.8. The second-order valence-electron chi connectivity index (χ2n) is 5.47. The second-order valence-corrected chi connectivity index (χ2v) is 5.88. The Morgan fingerprint density at radius 2 is 2.19 bits per heavy atom. The molecule has 0 fully saturated rings. The molecule has 0 saturated carbocycles. The number of rotatable bonds is 5. The number of nitrogens with one attached hydrogen (secondary N) is 3. The Morgan fingerprint density at radius 1 is 1.38 bits per heavy atom. The van der Waals surface area contributed by atoms with Gasteiger partial charge in [0.1, 0.15) is 17.2 Å². The Labute approximate surface area is 153 Å². The van der Waals surface area contributed by atoms with Gasteiger partial charge in [-0.3, -0.25) is 4.79 Å². The SMILES string of the molecule is CNc1cnc(N)nc1-c1c[nH]c(C(=O)NCc2ccc(F)c(Cl)c2)c1. The number of nitrogens with zero attached hydrogens (tertiary/aromatic N) is 2. The van der Waals surface area contributed by atoms with E-state index in [1.54, 1.807) is 31.6 Å². The number of halogens is 2. The topological polar surface area (TPSA) is 109 Å². The van der Waals surface area contributed by atoms with Gasteiger partial charge in [-0.15, -0.1) is 0 Å². The third-order valence-corrected chi connectivity index (χ3v) is 4.00. The number of aromatic amines is 1. The Hall–Kier alpha value is -3.13. The molecule has 1 aromatic carbocycles. The maximum Gasteiger partial charge on any atom is 0.267 e. The molecular weight excluding hydrogens is 359 g/mol. The Balaban J connectivity index is 1.74. The fourth-order valence-electron chi connectivity index (χ4n) is 2.39. The quantitative estimate of drug-likeness (QED) is 0.549. The van der Waals surface area contributed by atoms with Gasteiger partial charge in [-0.2, -0.15) is 0 Å². The molecule has 2 aromatic heterocycles. The summed E-state index contributed by atoms with van der Waals surface area (Å²) in [4.78, 5) is 23.4. The average Bonchev–Trinajstić information content (AvgIpc) is 3.12. The van der Waals surface area contributed by atoms with Crippen molar-refractivity contribution >= 4 is 29.1 Å². The molecular formula is C17H16ClFN6O. The van der Waals surface area contributed by atoms with Crippen LogP contribution in [0.15, 0.2) is 36.7 Å². The van der Waals surface area contributed by atoms with E-state index >= 15 is 0 Å². The molecule has 134 valence electrons. The van der Waals surface area contributed by atoms with Gasteiger partial charge < -0.3 is 21.4 Å². The number of benzene rings is 1. The zero-order valence-corrected chi connectivity index (χ0v) is 14.6. The lowest BCUT2D eigenvalue weighted by Gasteiger charge is -2.06. The van der Waals surface area contributed by atoms with Crippen molar-refractivity contribution in [3.63, 3.8) is 0 Å². The van der Waals surface area contributed by atoms with E-state index in [1.165, 1.54) is 12.1 Å². The number of amides is 1. The van der Waals surface area contributed by atoms with Crippen LogP contribution >= 0.6 is 11.6 Å². The molecule has 0 atom stereocenters. The Kier molecular flexibility index (Phi) is 5.04. The molecule has 3 aromatic rings. The fraction of sp³-hybridized carbons (Fsp3) is 0.118. The number of anilines is 2. The first-order valence-electron chi connectivity index (χ1n) is 7.69. The summed E-state index contributed by atoms with van der Waals surface area (Å²) in [5, 5.41) is 5.73. The van der Waals surface area contributed by atoms with Crippen LogP contribution < -0.4 is 16.4 Å². The van der Waals surface area contributed by atoms with Crippen molar-refractivity contribution in [2.24, 2.45) is 0 Å². The summed E-state index contributed by atoms with van der Waals surface area (Å²) in [6.45, 7) is 0.218. The van der Waals surface area contributed by atoms with Crippen LogP contribution in [0.4, 0.5) is 16.0 Å². The van der Waals surface area contributed by atoms with Crippen molar-refractivity contribution < 1.29 is 9.18 Å². The minimum atomic E-state index is -0.500. The van der Waals surface area contributed by atoms with Crippen LogP contribution in [0.2, 0.25) is 5.02 Å². The van der Waals surface area contributed by atoms with Crippen molar-refractivity contribution in [3.8, 4) is 11.3 Å². The van der Waals surface area contributed by atoms with Gasteiger partial charge in [-0.05, 0) is 23.8 Å². The summed E-state index contributed by atoms with van der Waals surface area (Å²) >= 11 is 5.74. The lowest BCUT2D eigenvalue weighted by molar-refractivity contribution is 0.0946. The number of hydrogen-bond donors (Lipinski definition) is 4. The van der Waals surface area contributed by atoms with E-state index in [9.17, 15) is 9.18 Å². The number of hydrogen-bond acceptors (Lipinski definition) is 5. The molecule has 0 bridgehead atoms. The first-order valence-corrected chi connectivity index (χ1v) is 8.07. The highest BCUT2D eigenvalue weighted by Gasteiger charge is 2.13. The highest BCUT2D eigenvalue weighted by molar-refractivity contribution is 6.30. The monoisotopic (exact) mass is 374 g/mol. The van der Waals surface area contributed by atoms with Crippen molar-refractivity contribution in [2.45, 2.75) is 6.54 Å². The molecule has 0 saturated heterocycles. The first kappa shape index (κ1) is 17.7. The minimum absolute atomic E-state index is 0.0138. The van der Waals surface area contributed by atoms with Crippen LogP contribution in [0, 0.1) is 5.82 Å². The van der Waals surface area contributed by atoms with Crippen LogP contribution in [0.3, 0.4) is 0 Å². The average molecular weight is 375 g/mol. The largest absolute Gasteiger partial charge is 0.385 e. The van der Waals surface area contributed by atoms with Crippen LogP contribution in [0.1, 0.15) is 16.1 Å². The molecule has 0 radical (unpaired) electrons. The maximum atomic E-state index is 13.2. The van der Waals surface area contributed by atoms with Crippen molar-refractivity contribution in [1.29, 1.82) is 0 Å². The van der Waals surface area contributed by atoms with Crippen molar-refractivity contribution in [2.75, 3.05) is 18.1 Å². The molecule has 2 heterocycles. The predicted molar refractivity (Wildman–Crippen MR) is 98.4 cm³/mol. The van der Waals surface area contributed by atoms with E-state index in [0.29, 0.717) is 28.2 Å². The Morgan fingerprint density at radius 3 is 2.92 bits per heavy atom. The van der Waals surface area contributed by atoms with Gasteiger partial charge in [0.2, 0.25) is 5.95 Å². The summed E-state index contributed by atoms with van der Waals surface area (Å²) in [6.07, 6.45) is 3.23. The molecule has 0 unspecified atom stereocenters. The lowest BCUT2D eigenvalue weighted by atomic mass is 10.2. The molecule has 1 amide bonds. The first-order chi connectivity index (χ1) is 12.5. The molecule has 0 spiro atoms. The smallest absolute Gasteiger partial charge is 0.267 e. The minimum Gasteiger partial charge on any atom is -0.385 e. The molecule has 9 heteroatoms. The van der Waals surface area contributed by atoms with Crippen LogP contribution in [0.5, 0.6) is 0 Å². The summed E-state index contributed by atoms with van der Waals surface area (Å²) in [6, 6.07) is 5.95. The van der Waals surface area contributed by atoms with E-state index in [1.807, 2.05) is 0 Å². The highest BCUT2D eigenvalue weighted by atomic mass is 35.5. The van der Waals surface area contributed by atoms with Crippen LogP contribution in [-0.2, 0) is 6.54 Å². The van der Waals surface area contributed by atoms with E-state index < -0.39 is 5.82 Å². The van der Waals surface area contributed by atoms with Crippen LogP contribution in [-0.4, -0.2) is 27.9 Å². The molecule has 0 aliphatic carbocycles. The Bertz CT molecular complexity index is 958. The fourth-order valence-corrected chi connectivity index (χ4v) is 2.59. The zero-order chi connectivity index (χ0) is 18.7. The molecule has 0 aliphatic heterocycles. The maximum absolute atomic E-state index is 13.2. The van der Waals surface area contributed by atoms with Gasteiger partial charge in [0.15, 0.2) is 0 Å². The summed E-state index contributed by atoms with van der Waals surface area (Å²) < 4.78 is 13.2. The van der Waals surface area contributed by atoms with Crippen LogP contribution in [0.25, 0.3) is 11.3 Å². The van der Waals surface area contributed by atoms with Crippen molar-refractivity contribution in [1.82, 2.24) is 20.3 Å². The number of H-pyrrole nitrogens is 1. The van der Waals surface area contributed by atoms with E-state index in [0.717, 1.165) is 0 Å². The normalized spacial score (nSPS) is 10.6. The predicted octanol–water partition coefficient (Wildman–Crippen LogP) is 2.82. The third kappa shape index (κ3) is 3.75. The summed E-state index contributed by atoms with van der Waals surface area (Å²) in [5.41, 5.74) is 8.65. The van der Waals surface area contributed by atoms with E-state index in [-0.39, 0.29) is 23.4 Å². The molecule has 5 N–H and O–H groups in total. The van der Waals surface area contributed by atoms with Gasteiger partial charge in [-0.25, -0.2) is 14.4 Å². The molecule has 26 heavy (non-hydrogen) atoms. The van der Waals surface area contributed by atoms with Gasteiger partial charge in [-0.1, -0.05) is 17.7 Å². The van der Waals surface area contributed by atoms with Crippen molar-refractivity contribution in [3.05, 3.63) is 58.8 Å².